The number of rotatable bonds is 11. The van der Waals surface area contributed by atoms with E-state index in [1.54, 1.807) is 17.6 Å². The number of nitrogens with zero attached hydrogens (tertiary/aromatic N) is 12. The monoisotopic (exact) mass is 1190 g/mol. The molecule has 20 heteroatoms. The van der Waals surface area contributed by atoms with Crippen molar-refractivity contribution in [1.82, 2.24) is 64.4 Å². The minimum atomic E-state index is -1.07. The number of benzene rings is 4. The first-order valence-electron chi connectivity index (χ1n) is 29.9. The molecule has 19 nitrogen and oxygen atoms in total. The summed E-state index contributed by atoms with van der Waals surface area (Å²) in [4.78, 5) is 47.3. The molecular weight excluding hydrogens is 1110 g/mol. The van der Waals surface area contributed by atoms with Gasteiger partial charge in [-0.25, -0.2) is 34.1 Å². The first kappa shape index (κ1) is 63.4. The van der Waals surface area contributed by atoms with Gasteiger partial charge in [0, 0.05) is 74.2 Å². The first-order valence-corrected chi connectivity index (χ1v) is 29.1. The van der Waals surface area contributed by atoms with E-state index >= 15 is 0 Å². The number of halogens is 1. The number of fused-ring (bicyclic) bond motifs is 2. The van der Waals surface area contributed by atoms with Crippen LogP contribution in [0, 0.1) is 46.9 Å². The molecule has 458 valence electrons. The maximum Gasteiger partial charge on any atom is 0.381 e. The van der Waals surface area contributed by atoms with Gasteiger partial charge in [0.15, 0.2) is 11.3 Å². The number of carbonyl (C=O) groups excluding carboxylic acids is 1. The Bertz CT molecular complexity index is 3710. The molecule has 2 N–H and O–H groups in total. The van der Waals surface area contributed by atoms with Crippen molar-refractivity contribution in [3.8, 4) is 81.5 Å². The van der Waals surface area contributed by atoms with Gasteiger partial charge in [-0.3, -0.25) is 23.9 Å². The largest absolute Gasteiger partial charge is 0.472 e. The number of amides is 1. The van der Waals surface area contributed by atoms with Gasteiger partial charge >= 0.3 is 5.97 Å². The molecule has 8 aromatic rings. The fourth-order valence-electron chi connectivity index (χ4n) is 10.8. The Kier molecular flexibility index (Phi) is 22.7. The highest BCUT2D eigenvalue weighted by atomic mass is 19.1. The van der Waals surface area contributed by atoms with Crippen molar-refractivity contribution in [3.05, 3.63) is 134 Å². The van der Waals surface area contributed by atoms with Crippen LogP contribution in [0.5, 0.6) is 23.0 Å². The number of hydrogen-bond acceptors (Lipinski definition) is 15. The Morgan fingerprint density at radius 1 is 0.659 bits per heavy atom. The summed E-state index contributed by atoms with van der Waals surface area (Å²) in [5.41, 5.74) is 6.26. The second kappa shape index (κ2) is 31.5. The number of carboxylic acid groups (broad SMARTS) is 1. The van der Waals surface area contributed by atoms with Crippen molar-refractivity contribution >= 4 is 33.9 Å². The van der Waals surface area contributed by atoms with Crippen molar-refractivity contribution in [1.29, 1.82) is 0 Å². The minimum absolute atomic E-state index is 0.0739. The number of terminal acetylenes is 1. The number of ether oxygens (including phenoxy) is 3. The summed E-state index contributed by atoms with van der Waals surface area (Å²) < 4.78 is 36.5. The van der Waals surface area contributed by atoms with Crippen LogP contribution >= 0.6 is 0 Å². The summed E-state index contributed by atoms with van der Waals surface area (Å²) in [7, 11) is 10.4. The lowest BCUT2D eigenvalue weighted by Gasteiger charge is -2.58. The van der Waals surface area contributed by atoms with E-state index in [9.17, 15) is 14.0 Å². The van der Waals surface area contributed by atoms with E-state index in [1.807, 2.05) is 177 Å². The summed E-state index contributed by atoms with van der Waals surface area (Å²) in [5.74, 6) is 14.7. The maximum absolute atomic E-state index is 12.3. The number of alkyl halides is 1. The fraction of sp³-hybridized carbons (Fsp3) is 0.382. The minimum Gasteiger partial charge on any atom is -0.472 e. The molecule has 2 aliphatic carbocycles. The SMILES string of the molecule is C#CCN(C)C.C1CCOC1.CN(C)CC#CC(=O)N1CC2(CC(n3nc(-c4ccc(Oc5ccccc5)cc4)c4cncnc43)C2)C1.CN(C)CC#CC(=O)O.[2H]CF.c1ccc(Oc2ccc(-c3nn(C4CC5(CNC5)C4)c4ncncc34)cc2)cc1. The maximum atomic E-state index is 12.3. The zero-order chi connectivity index (χ0) is 63.2. The first-order chi connectivity index (χ1) is 43.1. The van der Waals surface area contributed by atoms with E-state index in [4.69, 9.17) is 37.3 Å². The predicted molar refractivity (Wildman–Crippen MR) is 340 cm³/mol. The van der Waals surface area contributed by atoms with Gasteiger partial charge in [0.05, 0.1) is 51.0 Å². The van der Waals surface area contributed by atoms with Crippen molar-refractivity contribution in [2.24, 2.45) is 10.8 Å². The molecule has 0 atom stereocenters. The van der Waals surface area contributed by atoms with Crippen molar-refractivity contribution < 1.29 is 34.7 Å². The van der Waals surface area contributed by atoms with E-state index in [0.717, 1.165) is 126 Å². The number of carboxylic acids is 1. The molecule has 2 spiro atoms. The molecule has 13 rings (SSSR count). The van der Waals surface area contributed by atoms with Gasteiger partial charge in [-0.05, 0) is 165 Å². The Morgan fingerprint density at radius 3 is 1.44 bits per heavy atom. The number of aromatic nitrogens is 8. The molecule has 0 radical (unpaired) electrons. The summed E-state index contributed by atoms with van der Waals surface area (Å²) >= 11 is 0. The standard InChI is InChI=1S/C29H28N6O2.C23H21N5O.C6H9NO2.C5H9N.C4H8O.CH3F/c1-33(2)14-6-9-26(36)34-18-29(19-34)15-22(16-29)35-28-25(17-30-20-31-28)27(32-35)21-10-12-24(13-11-21)37-23-7-4-3-5-8-23;1-2-4-18(5-3-1)29-19-8-6-16(7-9-19)21-20-12-24-15-26-22(20)28(27-21)17-10-23(11-17)13-25-14-23;1-7(2)5-3-4-6(8)9;1-4-5-6(2)3;1-2-4-5-3-1;1-2/h3-5,7-8,10-13,17,20,22H,14-16,18-19H2,1-2H3;1-9,12,15,17,25H,10-11,13-14H2;5H2,1-2H3,(H,8,9);1H,5H2,2-3H3;1-4H2;1H3/i;;;;;1D. The van der Waals surface area contributed by atoms with Crippen LogP contribution in [0.2, 0.25) is 0 Å². The molecule has 3 aliphatic heterocycles. The molecule has 3 saturated heterocycles. The summed E-state index contributed by atoms with van der Waals surface area (Å²) in [6, 6.07) is 36.2. The van der Waals surface area contributed by atoms with Crippen LogP contribution in [0.3, 0.4) is 0 Å². The molecule has 7 heterocycles. The lowest BCUT2D eigenvalue weighted by molar-refractivity contribution is -0.147. The molecule has 4 aromatic carbocycles. The van der Waals surface area contributed by atoms with Crippen molar-refractivity contribution in [3.63, 3.8) is 0 Å². The molecule has 1 amide bonds. The third-order valence-electron chi connectivity index (χ3n) is 15.1. The Labute approximate surface area is 516 Å². The number of aliphatic carboxylic acids is 1. The second-order valence-corrected chi connectivity index (χ2v) is 23.0. The Morgan fingerprint density at radius 2 is 1.08 bits per heavy atom. The van der Waals surface area contributed by atoms with Gasteiger partial charge in [0.25, 0.3) is 5.91 Å². The topological polar surface area (TPSA) is 194 Å². The average molecular weight is 1190 g/mol. The molecule has 5 fully saturated rings. The lowest BCUT2D eigenvalue weighted by Crippen LogP contribution is -2.63. The lowest BCUT2D eigenvalue weighted by atomic mass is 9.60. The molecule has 4 aromatic heterocycles. The third kappa shape index (κ3) is 17.6. The van der Waals surface area contributed by atoms with E-state index < -0.39 is 13.1 Å². The Balaban J connectivity index is 0.000000173. The van der Waals surface area contributed by atoms with Crippen LogP contribution in [0.25, 0.3) is 44.6 Å². The van der Waals surface area contributed by atoms with Gasteiger partial charge in [-0.15, -0.1) is 6.42 Å². The zero-order valence-corrected chi connectivity index (χ0v) is 51.0. The quantitative estimate of drug-likeness (QED) is 0.116. The zero-order valence-electron chi connectivity index (χ0n) is 52.0. The van der Waals surface area contributed by atoms with E-state index in [1.165, 1.54) is 25.7 Å². The molecule has 5 aliphatic rings. The van der Waals surface area contributed by atoms with E-state index in [0.29, 0.717) is 24.5 Å². The smallest absolute Gasteiger partial charge is 0.381 e. The van der Waals surface area contributed by atoms with Crippen molar-refractivity contribution in [2.75, 3.05) is 108 Å². The van der Waals surface area contributed by atoms with Crippen LogP contribution in [0.4, 0.5) is 4.39 Å². The van der Waals surface area contributed by atoms with Gasteiger partial charge in [-0.1, -0.05) is 54.2 Å². The second-order valence-electron chi connectivity index (χ2n) is 23.0. The summed E-state index contributed by atoms with van der Waals surface area (Å²) in [6.07, 6.45) is 18.7. The molecule has 88 heavy (non-hydrogen) atoms. The third-order valence-corrected chi connectivity index (χ3v) is 15.1. The van der Waals surface area contributed by atoms with Gasteiger partial charge in [0.1, 0.15) is 47.0 Å². The number of hydrogen-bond donors (Lipinski definition) is 2. The molecule has 0 unspecified atom stereocenters. The van der Waals surface area contributed by atoms with Crippen molar-refractivity contribution in [2.45, 2.75) is 50.6 Å². The number of nitrogens with one attached hydrogen (secondary N) is 1. The molecular formula is C68H78FN13O6. The predicted octanol–water partition coefficient (Wildman–Crippen LogP) is 9.42. The normalized spacial score (nSPS) is 16.3. The number of likely N-dealkylation sites (tertiary alicyclic amines) is 1. The number of para-hydroxylation sites is 2. The molecule has 2 saturated carbocycles. The van der Waals surface area contributed by atoms with Gasteiger partial charge in [0.2, 0.25) is 0 Å². The van der Waals surface area contributed by atoms with Crippen LogP contribution in [0.1, 0.15) is 52.0 Å². The average Bonchev–Trinajstić information content (AvgIpc) is 1.87. The highest BCUT2D eigenvalue weighted by Crippen LogP contribution is 2.55. The fourth-order valence-corrected chi connectivity index (χ4v) is 10.8. The van der Waals surface area contributed by atoms with Crippen LogP contribution in [0.15, 0.2) is 134 Å². The number of carbonyl (C=O) groups is 2. The van der Waals surface area contributed by atoms with Crippen LogP contribution in [-0.2, 0) is 14.3 Å². The summed E-state index contributed by atoms with van der Waals surface area (Å²) in [6.45, 7) is 7.62. The highest BCUT2D eigenvalue weighted by Gasteiger charge is 2.55. The highest BCUT2D eigenvalue weighted by molar-refractivity contribution is 5.94. The van der Waals surface area contributed by atoms with Gasteiger partial charge < -0.3 is 29.5 Å². The van der Waals surface area contributed by atoms with E-state index in [2.05, 4.69) is 65.7 Å². The Hall–Kier alpha value is -9.07. The molecule has 0 bridgehead atoms. The van der Waals surface area contributed by atoms with Gasteiger partial charge in [-0.2, -0.15) is 10.2 Å². The van der Waals surface area contributed by atoms with Crippen LogP contribution in [-0.4, -0.2) is 185 Å². The van der Waals surface area contributed by atoms with E-state index in [-0.39, 0.29) is 17.4 Å². The van der Waals surface area contributed by atoms with Crippen LogP contribution < -0.4 is 14.8 Å². The summed E-state index contributed by atoms with van der Waals surface area (Å²) in [5, 5.41) is 23.3.